The molecule has 4 nitrogen and oxygen atoms in total. The highest BCUT2D eigenvalue weighted by Gasteiger charge is 2.32. The molecule has 98 valence electrons. The van der Waals surface area contributed by atoms with E-state index in [-0.39, 0.29) is 0 Å². The number of anilines is 1. The monoisotopic (exact) mass is 246 g/mol. The minimum Gasteiger partial charge on any atom is -0.354 e. The van der Waals surface area contributed by atoms with Crippen molar-refractivity contribution in [3.05, 3.63) is 24.4 Å². The fourth-order valence-electron chi connectivity index (χ4n) is 3.20. The van der Waals surface area contributed by atoms with Crippen molar-refractivity contribution < 1.29 is 0 Å². The SMILES string of the molecule is NC[C@@H]1CC[C@@H]2CN(c3ccccn3)CCN2C1. The van der Waals surface area contributed by atoms with Crippen molar-refractivity contribution in [2.45, 2.75) is 18.9 Å². The van der Waals surface area contributed by atoms with Gasteiger partial charge in [-0.1, -0.05) is 6.07 Å². The number of piperidine rings is 1. The molecule has 2 aliphatic rings. The summed E-state index contributed by atoms with van der Waals surface area (Å²) < 4.78 is 0. The summed E-state index contributed by atoms with van der Waals surface area (Å²) >= 11 is 0. The van der Waals surface area contributed by atoms with Gasteiger partial charge in [-0.2, -0.15) is 0 Å². The summed E-state index contributed by atoms with van der Waals surface area (Å²) in [5.41, 5.74) is 5.80. The lowest BCUT2D eigenvalue weighted by atomic mass is 9.91. The summed E-state index contributed by atoms with van der Waals surface area (Å²) in [5.74, 6) is 1.83. The molecule has 2 saturated heterocycles. The zero-order valence-electron chi connectivity index (χ0n) is 10.8. The highest BCUT2D eigenvalue weighted by molar-refractivity contribution is 5.38. The smallest absolute Gasteiger partial charge is 0.128 e. The van der Waals surface area contributed by atoms with Crippen LogP contribution in [0.15, 0.2) is 24.4 Å². The van der Waals surface area contributed by atoms with E-state index in [9.17, 15) is 0 Å². The summed E-state index contributed by atoms with van der Waals surface area (Å²) in [7, 11) is 0. The van der Waals surface area contributed by atoms with Crippen LogP contribution in [0, 0.1) is 5.92 Å². The molecule has 3 rings (SSSR count). The van der Waals surface area contributed by atoms with Crippen molar-refractivity contribution >= 4 is 5.82 Å². The molecule has 3 heterocycles. The van der Waals surface area contributed by atoms with Crippen molar-refractivity contribution in [2.75, 3.05) is 37.6 Å². The molecule has 0 amide bonds. The second-order valence-corrected chi connectivity index (χ2v) is 5.46. The van der Waals surface area contributed by atoms with Crippen LogP contribution in [0.25, 0.3) is 0 Å². The van der Waals surface area contributed by atoms with Crippen LogP contribution in [0.4, 0.5) is 5.82 Å². The van der Waals surface area contributed by atoms with Gasteiger partial charge in [0, 0.05) is 38.4 Å². The Morgan fingerprint density at radius 3 is 2.94 bits per heavy atom. The average molecular weight is 246 g/mol. The van der Waals surface area contributed by atoms with E-state index in [2.05, 4.69) is 26.9 Å². The summed E-state index contributed by atoms with van der Waals surface area (Å²) in [6.07, 6.45) is 4.45. The van der Waals surface area contributed by atoms with Crippen LogP contribution < -0.4 is 10.6 Å². The molecule has 1 aromatic rings. The van der Waals surface area contributed by atoms with Crippen LogP contribution in [0.5, 0.6) is 0 Å². The second kappa shape index (κ2) is 5.24. The fraction of sp³-hybridized carbons (Fsp3) is 0.643. The number of hydrogen-bond acceptors (Lipinski definition) is 4. The van der Waals surface area contributed by atoms with E-state index in [4.69, 9.17) is 5.73 Å². The Balaban J connectivity index is 1.65. The van der Waals surface area contributed by atoms with Gasteiger partial charge in [-0.15, -0.1) is 0 Å². The number of piperazine rings is 1. The Morgan fingerprint density at radius 2 is 2.17 bits per heavy atom. The van der Waals surface area contributed by atoms with E-state index in [1.807, 2.05) is 12.3 Å². The zero-order valence-corrected chi connectivity index (χ0v) is 10.8. The van der Waals surface area contributed by atoms with E-state index >= 15 is 0 Å². The van der Waals surface area contributed by atoms with Crippen LogP contribution in [-0.4, -0.2) is 48.6 Å². The van der Waals surface area contributed by atoms with E-state index < -0.39 is 0 Å². The lowest BCUT2D eigenvalue weighted by molar-refractivity contribution is 0.0982. The van der Waals surface area contributed by atoms with Crippen LogP contribution in [0.3, 0.4) is 0 Å². The maximum absolute atomic E-state index is 5.80. The first kappa shape index (κ1) is 11.9. The molecule has 1 aromatic heterocycles. The number of pyridine rings is 1. The third kappa shape index (κ3) is 2.35. The first-order valence-corrected chi connectivity index (χ1v) is 6.97. The van der Waals surface area contributed by atoms with Gasteiger partial charge in [0.1, 0.15) is 5.82 Å². The molecule has 0 aromatic carbocycles. The van der Waals surface area contributed by atoms with Gasteiger partial charge in [0.2, 0.25) is 0 Å². The van der Waals surface area contributed by atoms with Gasteiger partial charge < -0.3 is 10.6 Å². The predicted octanol–water partition coefficient (Wildman–Crippen LogP) is 0.941. The van der Waals surface area contributed by atoms with Crippen LogP contribution in [-0.2, 0) is 0 Å². The highest BCUT2D eigenvalue weighted by Crippen LogP contribution is 2.26. The van der Waals surface area contributed by atoms with Gasteiger partial charge >= 0.3 is 0 Å². The molecule has 2 fully saturated rings. The molecule has 0 unspecified atom stereocenters. The molecular weight excluding hydrogens is 224 g/mol. The Morgan fingerprint density at radius 1 is 1.22 bits per heavy atom. The summed E-state index contributed by atoms with van der Waals surface area (Å²) in [5, 5.41) is 0. The molecule has 0 aliphatic carbocycles. The average Bonchev–Trinajstić information content (AvgIpc) is 2.47. The molecule has 18 heavy (non-hydrogen) atoms. The number of nitrogens with two attached hydrogens (primary N) is 1. The minimum atomic E-state index is 0.698. The van der Waals surface area contributed by atoms with Crippen molar-refractivity contribution in [3.8, 4) is 0 Å². The third-order valence-corrected chi connectivity index (χ3v) is 4.31. The number of nitrogens with zero attached hydrogens (tertiary/aromatic N) is 3. The van der Waals surface area contributed by atoms with E-state index in [1.54, 1.807) is 0 Å². The van der Waals surface area contributed by atoms with Crippen LogP contribution in [0.2, 0.25) is 0 Å². The van der Waals surface area contributed by atoms with Crippen molar-refractivity contribution in [1.29, 1.82) is 0 Å². The van der Waals surface area contributed by atoms with Crippen LogP contribution >= 0.6 is 0 Å². The zero-order chi connectivity index (χ0) is 12.4. The Bertz CT molecular complexity index is 381. The van der Waals surface area contributed by atoms with Gasteiger partial charge in [-0.05, 0) is 37.4 Å². The van der Waals surface area contributed by atoms with E-state index in [0.717, 1.165) is 32.0 Å². The molecule has 0 saturated carbocycles. The highest BCUT2D eigenvalue weighted by atomic mass is 15.3. The molecule has 0 radical (unpaired) electrons. The summed E-state index contributed by atoms with van der Waals surface area (Å²) in [6.45, 7) is 5.39. The maximum Gasteiger partial charge on any atom is 0.128 e. The standard InChI is InChI=1S/C14H22N4/c15-9-12-4-5-13-11-18(8-7-17(13)10-12)14-3-1-2-6-16-14/h1-3,6,12-13H,4-5,7-11,15H2/t12-,13+/m0/s1. The molecule has 2 N–H and O–H groups in total. The molecule has 0 spiro atoms. The van der Waals surface area contributed by atoms with E-state index in [0.29, 0.717) is 12.0 Å². The van der Waals surface area contributed by atoms with Gasteiger partial charge in [0.25, 0.3) is 0 Å². The lowest BCUT2D eigenvalue weighted by Gasteiger charge is -2.46. The number of hydrogen-bond donors (Lipinski definition) is 1. The topological polar surface area (TPSA) is 45.4 Å². The van der Waals surface area contributed by atoms with Gasteiger partial charge in [0.15, 0.2) is 0 Å². The van der Waals surface area contributed by atoms with E-state index in [1.165, 1.54) is 19.4 Å². The molecular formula is C14H22N4. The Hall–Kier alpha value is -1.13. The molecule has 2 atom stereocenters. The summed E-state index contributed by atoms with van der Waals surface area (Å²) in [4.78, 5) is 9.50. The number of fused-ring (bicyclic) bond motifs is 1. The quantitative estimate of drug-likeness (QED) is 0.843. The van der Waals surface area contributed by atoms with Gasteiger partial charge in [-0.3, -0.25) is 4.90 Å². The maximum atomic E-state index is 5.80. The lowest BCUT2D eigenvalue weighted by Crippen LogP contribution is -2.57. The molecule has 2 aliphatic heterocycles. The largest absolute Gasteiger partial charge is 0.354 e. The number of rotatable bonds is 2. The fourth-order valence-corrected chi connectivity index (χ4v) is 3.20. The number of aromatic nitrogens is 1. The normalized spacial score (nSPS) is 29.1. The first-order chi connectivity index (χ1) is 8.86. The second-order valence-electron chi connectivity index (χ2n) is 5.46. The van der Waals surface area contributed by atoms with Gasteiger partial charge in [-0.25, -0.2) is 4.98 Å². The Labute approximate surface area is 109 Å². The van der Waals surface area contributed by atoms with Gasteiger partial charge in [0.05, 0.1) is 0 Å². The first-order valence-electron chi connectivity index (χ1n) is 6.97. The Kier molecular flexibility index (Phi) is 3.48. The summed E-state index contributed by atoms with van der Waals surface area (Å²) in [6, 6.07) is 6.86. The predicted molar refractivity (Wildman–Crippen MR) is 73.6 cm³/mol. The minimum absolute atomic E-state index is 0.698. The third-order valence-electron chi connectivity index (χ3n) is 4.31. The molecule has 4 heteroatoms. The van der Waals surface area contributed by atoms with Crippen molar-refractivity contribution in [2.24, 2.45) is 11.7 Å². The van der Waals surface area contributed by atoms with Crippen LogP contribution in [0.1, 0.15) is 12.8 Å². The molecule has 0 bridgehead atoms. The van der Waals surface area contributed by atoms with Crippen molar-refractivity contribution in [3.63, 3.8) is 0 Å². The van der Waals surface area contributed by atoms with Crippen molar-refractivity contribution in [1.82, 2.24) is 9.88 Å².